The van der Waals surface area contributed by atoms with Gasteiger partial charge in [-0.05, 0) is 67.2 Å². The molecule has 0 aliphatic carbocycles. The van der Waals surface area contributed by atoms with Crippen molar-refractivity contribution in [3.05, 3.63) is 101 Å². The van der Waals surface area contributed by atoms with E-state index in [1.807, 2.05) is 48.5 Å². The van der Waals surface area contributed by atoms with E-state index in [-0.39, 0.29) is 17.9 Å². The molecule has 166 valence electrons. The molecule has 1 aliphatic heterocycles. The van der Waals surface area contributed by atoms with Crippen molar-refractivity contribution in [1.29, 1.82) is 0 Å². The molecular weight excluding hydrogens is 408 g/mol. The molecule has 1 amide bonds. The van der Waals surface area contributed by atoms with Crippen LogP contribution >= 0.6 is 0 Å². The molecule has 1 fully saturated rings. The average molecular weight is 436 g/mol. The standard InChI is InChI=1S/C26H27F2N3O/c27-22-10-9-20(16-23(22)28)18-31-14-11-21(12-15-31)26(24-8-4-5-13-29-24)30-25(32)17-19-6-2-1-3-7-19/h1-10,13,16,21,26H,11-12,14-15,17-18H2,(H,30,32). The van der Waals surface area contributed by atoms with Gasteiger partial charge in [0.1, 0.15) is 0 Å². The van der Waals surface area contributed by atoms with E-state index in [9.17, 15) is 13.6 Å². The Hall–Kier alpha value is -3.12. The maximum absolute atomic E-state index is 13.5. The zero-order valence-electron chi connectivity index (χ0n) is 17.9. The number of rotatable bonds is 7. The molecule has 6 heteroatoms. The molecule has 1 aromatic heterocycles. The van der Waals surface area contributed by atoms with Crippen LogP contribution < -0.4 is 5.32 Å². The summed E-state index contributed by atoms with van der Waals surface area (Å²) in [5.74, 6) is -1.40. The number of carbonyl (C=O) groups is 1. The summed E-state index contributed by atoms with van der Waals surface area (Å²) in [7, 11) is 0. The zero-order chi connectivity index (χ0) is 22.3. The smallest absolute Gasteiger partial charge is 0.224 e. The molecule has 0 radical (unpaired) electrons. The lowest BCUT2D eigenvalue weighted by Crippen LogP contribution is -2.41. The van der Waals surface area contributed by atoms with E-state index in [1.54, 1.807) is 12.3 Å². The van der Waals surface area contributed by atoms with Crippen molar-refractivity contribution in [2.75, 3.05) is 13.1 Å². The summed E-state index contributed by atoms with van der Waals surface area (Å²) in [5.41, 5.74) is 2.61. The van der Waals surface area contributed by atoms with Crippen LogP contribution in [-0.2, 0) is 17.8 Å². The van der Waals surface area contributed by atoms with Gasteiger partial charge in [-0.15, -0.1) is 0 Å². The van der Waals surface area contributed by atoms with Crippen molar-refractivity contribution in [2.24, 2.45) is 5.92 Å². The van der Waals surface area contributed by atoms with Crippen molar-refractivity contribution in [3.63, 3.8) is 0 Å². The third kappa shape index (κ3) is 5.77. The fourth-order valence-electron chi connectivity index (χ4n) is 4.34. The average Bonchev–Trinajstić information content (AvgIpc) is 2.82. The maximum atomic E-state index is 13.5. The molecule has 3 aromatic rings. The second-order valence-corrected chi connectivity index (χ2v) is 8.32. The van der Waals surface area contributed by atoms with Gasteiger partial charge in [-0.2, -0.15) is 0 Å². The first-order chi connectivity index (χ1) is 15.6. The number of nitrogens with zero attached hydrogens (tertiary/aromatic N) is 2. The molecule has 1 N–H and O–H groups in total. The van der Waals surface area contributed by atoms with Gasteiger partial charge in [0.05, 0.1) is 18.2 Å². The predicted octanol–water partition coefficient (Wildman–Crippen LogP) is 4.67. The number of hydrogen-bond donors (Lipinski definition) is 1. The van der Waals surface area contributed by atoms with Crippen LogP contribution in [0.25, 0.3) is 0 Å². The van der Waals surface area contributed by atoms with E-state index >= 15 is 0 Å². The predicted molar refractivity (Wildman–Crippen MR) is 120 cm³/mol. The van der Waals surface area contributed by atoms with E-state index in [0.29, 0.717) is 13.0 Å². The highest BCUT2D eigenvalue weighted by molar-refractivity contribution is 5.79. The van der Waals surface area contributed by atoms with Gasteiger partial charge in [0, 0.05) is 12.7 Å². The summed E-state index contributed by atoms with van der Waals surface area (Å²) in [4.78, 5) is 19.5. The Kier molecular flexibility index (Phi) is 7.22. The summed E-state index contributed by atoms with van der Waals surface area (Å²) in [6.07, 6.45) is 3.86. The molecule has 0 bridgehead atoms. The SMILES string of the molecule is O=C(Cc1ccccc1)NC(c1ccccn1)C1CCN(Cc2ccc(F)c(F)c2)CC1. The minimum Gasteiger partial charge on any atom is -0.347 e. The second-order valence-electron chi connectivity index (χ2n) is 8.32. The largest absolute Gasteiger partial charge is 0.347 e. The molecule has 4 rings (SSSR count). The number of piperidine rings is 1. The van der Waals surface area contributed by atoms with E-state index in [4.69, 9.17) is 0 Å². The number of nitrogens with one attached hydrogen (secondary N) is 1. The van der Waals surface area contributed by atoms with Crippen molar-refractivity contribution in [2.45, 2.75) is 31.8 Å². The first-order valence-corrected chi connectivity index (χ1v) is 11.0. The van der Waals surface area contributed by atoms with Crippen LogP contribution in [0, 0.1) is 17.6 Å². The summed E-state index contributed by atoms with van der Waals surface area (Å²) in [6, 6.07) is 19.4. The van der Waals surface area contributed by atoms with Gasteiger partial charge in [-0.25, -0.2) is 8.78 Å². The van der Waals surface area contributed by atoms with E-state index in [2.05, 4.69) is 15.2 Å². The lowest BCUT2D eigenvalue weighted by atomic mass is 9.87. The number of carbonyl (C=O) groups excluding carboxylic acids is 1. The van der Waals surface area contributed by atoms with Crippen molar-refractivity contribution >= 4 is 5.91 Å². The second kappa shape index (κ2) is 10.5. The molecule has 1 aliphatic rings. The molecule has 0 saturated carbocycles. The first kappa shape index (κ1) is 22.1. The Labute approximate surface area is 187 Å². The van der Waals surface area contributed by atoms with Crippen molar-refractivity contribution in [3.8, 4) is 0 Å². The van der Waals surface area contributed by atoms with Gasteiger partial charge < -0.3 is 5.32 Å². The van der Waals surface area contributed by atoms with Gasteiger partial charge >= 0.3 is 0 Å². The minimum absolute atomic E-state index is 0.0175. The fraction of sp³-hybridized carbons (Fsp3) is 0.308. The number of amides is 1. The molecule has 2 aromatic carbocycles. The summed E-state index contributed by atoms with van der Waals surface area (Å²) >= 11 is 0. The van der Waals surface area contributed by atoms with Crippen LogP contribution in [-0.4, -0.2) is 28.9 Å². The lowest BCUT2D eigenvalue weighted by molar-refractivity contribution is -0.121. The molecular formula is C26H27F2N3O. The van der Waals surface area contributed by atoms with Gasteiger partial charge in [0.2, 0.25) is 5.91 Å². The van der Waals surface area contributed by atoms with E-state index < -0.39 is 11.6 Å². The quantitative estimate of drug-likeness (QED) is 0.587. The van der Waals surface area contributed by atoms with Gasteiger partial charge in [0.25, 0.3) is 0 Å². The van der Waals surface area contributed by atoms with Crippen molar-refractivity contribution < 1.29 is 13.6 Å². The van der Waals surface area contributed by atoms with Gasteiger partial charge in [0.15, 0.2) is 11.6 Å². The minimum atomic E-state index is -0.822. The summed E-state index contributed by atoms with van der Waals surface area (Å²) in [5, 5.41) is 3.22. The Bertz CT molecular complexity index is 1020. The van der Waals surface area contributed by atoms with Crippen LogP contribution in [0.3, 0.4) is 0 Å². The highest BCUT2D eigenvalue weighted by atomic mass is 19.2. The van der Waals surface area contributed by atoms with Crippen LogP contribution in [0.5, 0.6) is 0 Å². The number of halogens is 2. The van der Waals surface area contributed by atoms with E-state index in [0.717, 1.165) is 42.8 Å². The van der Waals surface area contributed by atoms with Crippen molar-refractivity contribution in [1.82, 2.24) is 15.2 Å². The molecule has 32 heavy (non-hydrogen) atoms. The molecule has 0 spiro atoms. The normalized spacial score (nSPS) is 15.9. The number of hydrogen-bond acceptors (Lipinski definition) is 3. The van der Waals surface area contributed by atoms with Crippen LogP contribution in [0.1, 0.15) is 35.7 Å². The molecule has 4 nitrogen and oxygen atoms in total. The lowest BCUT2D eigenvalue weighted by Gasteiger charge is -2.36. The zero-order valence-corrected chi connectivity index (χ0v) is 17.9. The molecule has 1 saturated heterocycles. The Morgan fingerprint density at radius 3 is 2.41 bits per heavy atom. The monoisotopic (exact) mass is 435 g/mol. The molecule has 1 atom stereocenters. The Morgan fingerprint density at radius 2 is 1.72 bits per heavy atom. The Balaban J connectivity index is 1.40. The number of benzene rings is 2. The van der Waals surface area contributed by atoms with Crippen LogP contribution in [0.4, 0.5) is 8.78 Å². The number of likely N-dealkylation sites (tertiary alicyclic amines) is 1. The highest BCUT2D eigenvalue weighted by Crippen LogP contribution is 2.30. The number of aromatic nitrogens is 1. The molecule has 2 heterocycles. The van der Waals surface area contributed by atoms with E-state index in [1.165, 1.54) is 12.1 Å². The van der Waals surface area contributed by atoms with Gasteiger partial charge in [-0.1, -0.05) is 42.5 Å². The maximum Gasteiger partial charge on any atom is 0.224 e. The molecule has 1 unspecified atom stereocenters. The van der Waals surface area contributed by atoms with Crippen LogP contribution in [0.15, 0.2) is 72.9 Å². The first-order valence-electron chi connectivity index (χ1n) is 11.0. The topological polar surface area (TPSA) is 45.2 Å². The Morgan fingerprint density at radius 1 is 0.969 bits per heavy atom. The van der Waals surface area contributed by atoms with Crippen LogP contribution in [0.2, 0.25) is 0 Å². The highest BCUT2D eigenvalue weighted by Gasteiger charge is 2.29. The summed E-state index contributed by atoms with van der Waals surface area (Å²) in [6.45, 7) is 2.22. The van der Waals surface area contributed by atoms with Gasteiger partial charge in [-0.3, -0.25) is 14.7 Å². The third-order valence-electron chi connectivity index (χ3n) is 6.02. The number of pyridine rings is 1. The third-order valence-corrected chi connectivity index (χ3v) is 6.02. The fourth-order valence-corrected chi connectivity index (χ4v) is 4.34. The summed E-state index contributed by atoms with van der Waals surface area (Å²) < 4.78 is 26.7.